The van der Waals surface area contributed by atoms with Gasteiger partial charge in [-0.25, -0.2) is 8.42 Å². The Hall–Kier alpha value is -3.37. The zero-order valence-electron chi connectivity index (χ0n) is 25.1. The van der Waals surface area contributed by atoms with Gasteiger partial charge in [-0.05, 0) is 74.4 Å². The van der Waals surface area contributed by atoms with Crippen LogP contribution in [0.4, 0.5) is 5.69 Å². The standard InChI is InChI=1S/C34H34BrCl2N3O4S/c1-34(2,3)38-33(42)31(20-24-10-6-4-7-11-24)39(22-25-14-16-26(35)17-15-25)32(41)23-40(27-18-19-29(36)30(37)21-27)45(43,44)28-12-8-5-9-13-28/h4-19,21,31H,20,22-23H2,1-3H3,(H,38,42)/t31-/m1/s1. The minimum Gasteiger partial charge on any atom is -0.350 e. The van der Waals surface area contributed by atoms with Crippen LogP contribution < -0.4 is 9.62 Å². The number of nitrogens with one attached hydrogen (secondary N) is 1. The fourth-order valence-electron chi connectivity index (χ4n) is 4.68. The fraction of sp³-hybridized carbons (Fsp3) is 0.235. The average Bonchev–Trinajstić information content (AvgIpc) is 3.00. The number of benzene rings is 4. The molecule has 45 heavy (non-hydrogen) atoms. The van der Waals surface area contributed by atoms with Crippen molar-refractivity contribution < 1.29 is 18.0 Å². The molecule has 1 N–H and O–H groups in total. The van der Waals surface area contributed by atoms with Crippen molar-refractivity contribution in [2.45, 2.75) is 50.2 Å². The van der Waals surface area contributed by atoms with Crippen molar-refractivity contribution >= 4 is 66.7 Å². The summed E-state index contributed by atoms with van der Waals surface area (Å²) in [5.74, 6) is -0.933. The number of nitrogens with zero attached hydrogens (tertiary/aromatic N) is 2. The van der Waals surface area contributed by atoms with E-state index in [1.54, 1.807) is 18.2 Å². The van der Waals surface area contributed by atoms with Crippen molar-refractivity contribution in [1.29, 1.82) is 0 Å². The third kappa shape index (κ3) is 9.33. The van der Waals surface area contributed by atoms with E-state index >= 15 is 0 Å². The molecule has 0 unspecified atom stereocenters. The third-order valence-corrected chi connectivity index (χ3v) is 9.89. The van der Waals surface area contributed by atoms with E-state index in [-0.39, 0.29) is 39.5 Å². The van der Waals surface area contributed by atoms with Crippen LogP contribution in [-0.4, -0.2) is 43.3 Å². The third-order valence-electron chi connectivity index (χ3n) is 6.84. The molecule has 7 nitrogen and oxygen atoms in total. The van der Waals surface area contributed by atoms with Gasteiger partial charge in [0.1, 0.15) is 12.6 Å². The van der Waals surface area contributed by atoms with Crippen molar-refractivity contribution in [3.8, 4) is 0 Å². The highest BCUT2D eigenvalue weighted by atomic mass is 79.9. The van der Waals surface area contributed by atoms with Gasteiger partial charge in [-0.3, -0.25) is 13.9 Å². The molecule has 1 atom stereocenters. The summed E-state index contributed by atoms with van der Waals surface area (Å²) in [7, 11) is -4.25. The van der Waals surface area contributed by atoms with Crippen molar-refractivity contribution in [2.75, 3.05) is 10.8 Å². The van der Waals surface area contributed by atoms with E-state index in [0.29, 0.717) is 0 Å². The molecule has 4 aromatic rings. The van der Waals surface area contributed by atoms with Crippen LogP contribution in [0.3, 0.4) is 0 Å². The van der Waals surface area contributed by atoms with Gasteiger partial charge in [0, 0.05) is 23.0 Å². The Morgan fingerprint density at radius 1 is 0.822 bits per heavy atom. The van der Waals surface area contributed by atoms with Gasteiger partial charge in [-0.1, -0.05) is 99.8 Å². The molecule has 2 amide bonds. The maximum absolute atomic E-state index is 14.5. The lowest BCUT2D eigenvalue weighted by Crippen LogP contribution is -2.56. The normalized spacial score (nSPS) is 12.3. The van der Waals surface area contributed by atoms with Crippen LogP contribution in [0.1, 0.15) is 31.9 Å². The summed E-state index contributed by atoms with van der Waals surface area (Å²) in [6.07, 6.45) is 0.212. The Bertz CT molecular complexity index is 1730. The van der Waals surface area contributed by atoms with Crippen molar-refractivity contribution in [1.82, 2.24) is 10.2 Å². The molecular weight excluding hydrogens is 697 g/mol. The molecule has 0 bridgehead atoms. The number of hydrogen-bond acceptors (Lipinski definition) is 4. The van der Waals surface area contributed by atoms with Crippen LogP contribution in [0.25, 0.3) is 0 Å². The highest BCUT2D eigenvalue weighted by Gasteiger charge is 2.35. The van der Waals surface area contributed by atoms with Crippen LogP contribution >= 0.6 is 39.1 Å². The van der Waals surface area contributed by atoms with E-state index in [1.165, 1.54) is 35.2 Å². The molecular formula is C34H34BrCl2N3O4S. The molecule has 0 aromatic heterocycles. The number of carbonyl (C=O) groups is 2. The lowest BCUT2D eigenvalue weighted by atomic mass is 10.0. The second-order valence-corrected chi connectivity index (χ2v) is 15.1. The number of sulfonamides is 1. The van der Waals surface area contributed by atoms with Gasteiger partial charge < -0.3 is 10.2 Å². The van der Waals surface area contributed by atoms with Gasteiger partial charge in [0.25, 0.3) is 10.0 Å². The maximum Gasteiger partial charge on any atom is 0.264 e. The molecule has 0 saturated heterocycles. The van der Waals surface area contributed by atoms with Crippen LogP contribution in [0, 0.1) is 0 Å². The monoisotopic (exact) mass is 729 g/mol. The van der Waals surface area contributed by atoms with Crippen molar-refractivity contribution in [2.24, 2.45) is 0 Å². The predicted molar refractivity (Wildman–Crippen MR) is 184 cm³/mol. The molecule has 11 heteroatoms. The van der Waals surface area contributed by atoms with E-state index in [1.807, 2.05) is 75.4 Å². The fourth-order valence-corrected chi connectivity index (χ4v) is 6.67. The van der Waals surface area contributed by atoms with E-state index in [9.17, 15) is 18.0 Å². The van der Waals surface area contributed by atoms with Crippen molar-refractivity contribution in [3.63, 3.8) is 0 Å². The molecule has 236 valence electrons. The van der Waals surface area contributed by atoms with Gasteiger partial charge >= 0.3 is 0 Å². The minimum absolute atomic E-state index is 0.00496. The molecule has 0 saturated carbocycles. The van der Waals surface area contributed by atoms with Gasteiger partial charge in [0.05, 0.1) is 20.6 Å². The quantitative estimate of drug-likeness (QED) is 0.173. The molecule has 0 aliphatic heterocycles. The first-order valence-electron chi connectivity index (χ1n) is 14.2. The predicted octanol–water partition coefficient (Wildman–Crippen LogP) is 7.51. The highest BCUT2D eigenvalue weighted by molar-refractivity contribution is 9.10. The van der Waals surface area contributed by atoms with Gasteiger partial charge in [-0.15, -0.1) is 0 Å². The van der Waals surface area contributed by atoms with Gasteiger partial charge in [0.2, 0.25) is 11.8 Å². The molecule has 0 aliphatic rings. The summed E-state index contributed by atoms with van der Waals surface area (Å²) in [4.78, 5) is 29.9. The molecule has 4 aromatic carbocycles. The summed E-state index contributed by atoms with van der Waals surface area (Å²) in [6.45, 7) is 5.05. The molecule has 0 spiro atoms. The summed E-state index contributed by atoms with van der Waals surface area (Å²) in [5.41, 5.74) is 1.18. The summed E-state index contributed by atoms with van der Waals surface area (Å²) in [6, 6.07) is 28.0. The van der Waals surface area contributed by atoms with Gasteiger partial charge in [-0.2, -0.15) is 0 Å². The average molecular weight is 732 g/mol. The second-order valence-electron chi connectivity index (χ2n) is 11.5. The number of amides is 2. The lowest BCUT2D eigenvalue weighted by Gasteiger charge is -2.35. The number of halogens is 3. The van der Waals surface area contributed by atoms with E-state index in [2.05, 4.69) is 21.2 Å². The Kier molecular flexibility index (Phi) is 11.4. The zero-order valence-corrected chi connectivity index (χ0v) is 29.0. The zero-order chi connectivity index (χ0) is 32.8. The summed E-state index contributed by atoms with van der Waals surface area (Å²) < 4.78 is 30.0. The first-order valence-corrected chi connectivity index (χ1v) is 17.2. The Morgan fingerprint density at radius 3 is 2.00 bits per heavy atom. The Morgan fingerprint density at radius 2 is 1.42 bits per heavy atom. The Labute approximate surface area is 283 Å². The Balaban J connectivity index is 1.82. The molecule has 0 heterocycles. The number of anilines is 1. The minimum atomic E-state index is -4.25. The van der Waals surface area contributed by atoms with E-state index in [0.717, 1.165) is 19.9 Å². The summed E-state index contributed by atoms with van der Waals surface area (Å²) in [5, 5.41) is 3.39. The van der Waals surface area contributed by atoms with Gasteiger partial charge in [0.15, 0.2) is 0 Å². The largest absolute Gasteiger partial charge is 0.350 e. The first kappa shape index (κ1) is 34.5. The second kappa shape index (κ2) is 14.8. The SMILES string of the molecule is CC(C)(C)NC(=O)[C@@H](Cc1ccccc1)N(Cc1ccc(Br)cc1)C(=O)CN(c1ccc(Cl)c(Cl)c1)S(=O)(=O)c1ccccc1. The first-order chi connectivity index (χ1) is 21.2. The number of hydrogen-bond donors (Lipinski definition) is 1. The lowest BCUT2D eigenvalue weighted by molar-refractivity contribution is -0.140. The maximum atomic E-state index is 14.5. The van der Waals surface area contributed by atoms with E-state index in [4.69, 9.17) is 23.2 Å². The van der Waals surface area contributed by atoms with Crippen LogP contribution in [-0.2, 0) is 32.6 Å². The topological polar surface area (TPSA) is 86.8 Å². The van der Waals surface area contributed by atoms with Crippen LogP contribution in [0.5, 0.6) is 0 Å². The number of carbonyl (C=O) groups excluding carboxylic acids is 2. The molecule has 0 fully saturated rings. The molecule has 0 aliphatic carbocycles. The molecule has 4 rings (SSSR count). The summed E-state index contributed by atoms with van der Waals surface area (Å²) >= 11 is 15.9. The van der Waals surface area contributed by atoms with Crippen LogP contribution in [0.15, 0.2) is 112 Å². The van der Waals surface area contributed by atoms with E-state index < -0.39 is 34.1 Å². The molecule has 0 radical (unpaired) electrons. The highest BCUT2D eigenvalue weighted by Crippen LogP contribution is 2.31. The smallest absolute Gasteiger partial charge is 0.264 e. The van der Waals surface area contributed by atoms with Crippen molar-refractivity contribution in [3.05, 3.63) is 129 Å². The number of rotatable bonds is 11. The van der Waals surface area contributed by atoms with Crippen LogP contribution in [0.2, 0.25) is 10.0 Å².